The predicted octanol–water partition coefficient (Wildman–Crippen LogP) is 3.75. The number of halogens is 1. The Morgan fingerprint density at radius 1 is 1.28 bits per heavy atom. The van der Waals surface area contributed by atoms with Gasteiger partial charge in [-0.05, 0) is 36.8 Å². The molecule has 0 aliphatic heterocycles. The van der Waals surface area contributed by atoms with Crippen LogP contribution in [-0.2, 0) is 15.4 Å². The summed E-state index contributed by atoms with van der Waals surface area (Å²) in [5.74, 6) is 0. The van der Waals surface area contributed by atoms with Gasteiger partial charge in [-0.1, -0.05) is 28.1 Å². The Morgan fingerprint density at radius 3 is 2.67 bits per heavy atom. The first-order valence-corrected chi connectivity index (χ1v) is 8.67. The van der Waals surface area contributed by atoms with Gasteiger partial charge in [-0.15, -0.1) is 11.3 Å². The fraction of sp³-hybridized carbons (Fsp3) is 0.167. The zero-order valence-electron chi connectivity index (χ0n) is 9.68. The van der Waals surface area contributed by atoms with Crippen molar-refractivity contribution < 1.29 is 8.42 Å². The van der Waals surface area contributed by atoms with Crippen molar-refractivity contribution >= 4 is 43.0 Å². The molecule has 2 rings (SSSR count). The summed E-state index contributed by atoms with van der Waals surface area (Å²) in [5, 5.41) is 0.695. The van der Waals surface area contributed by atoms with E-state index in [9.17, 15) is 8.42 Å². The molecule has 0 saturated heterocycles. The van der Waals surface area contributed by atoms with E-state index in [0.29, 0.717) is 15.2 Å². The SMILES string of the molecule is Cc1ccc(S(=O)(=O)Nc2cccc(CBr)c2)s1. The third kappa shape index (κ3) is 3.13. The van der Waals surface area contributed by atoms with E-state index in [2.05, 4.69) is 20.7 Å². The molecule has 0 amide bonds. The van der Waals surface area contributed by atoms with Gasteiger partial charge >= 0.3 is 0 Å². The standard InChI is InChI=1S/C12H12BrNO2S2/c1-9-5-6-12(17-9)18(15,16)14-11-4-2-3-10(7-11)8-13/h2-7,14H,8H2,1H3. The van der Waals surface area contributed by atoms with Crippen LogP contribution in [-0.4, -0.2) is 8.42 Å². The van der Waals surface area contributed by atoms with Crippen LogP contribution in [0.25, 0.3) is 0 Å². The maximum absolute atomic E-state index is 12.1. The Labute approximate surface area is 119 Å². The number of thiophene rings is 1. The monoisotopic (exact) mass is 345 g/mol. The van der Waals surface area contributed by atoms with Crippen molar-refractivity contribution in [3.05, 3.63) is 46.8 Å². The Balaban J connectivity index is 2.27. The third-order valence-corrected chi connectivity index (χ3v) is 5.84. The molecule has 2 aromatic rings. The van der Waals surface area contributed by atoms with Crippen molar-refractivity contribution in [3.63, 3.8) is 0 Å². The van der Waals surface area contributed by atoms with Crippen molar-refractivity contribution in [2.24, 2.45) is 0 Å². The van der Waals surface area contributed by atoms with Crippen molar-refractivity contribution in [1.82, 2.24) is 0 Å². The Hall–Kier alpha value is -0.850. The van der Waals surface area contributed by atoms with Crippen molar-refractivity contribution in [2.45, 2.75) is 16.5 Å². The van der Waals surface area contributed by atoms with Crippen molar-refractivity contribution in [2.75, 3.05) is 4.72 Å². The fourth-order valence-electron chi connectivity index (χ4n) is 1.48. The van der Waals surface area contributed by atoms with Crippen LogP contribution in [0.15, 0.2) is 40.6 Å². The van der Waals surface area contributed by atoms with Gasteiger partial charge in [0, 0.05) is 15.9 Å². The van der Waals surface area contributed by atoms with Crippen molar-refractivity contribution in [1.29, 1.82) is 0 Å². The van der Waals surface area contributed by atoms with E-state index in [-0.39, 0.29) is 0 Å². The highest BCUT2D eigenvalue weighted by molar-refractivity contribution is 9.08. The quantitative estimate of drug-likeness (QED) is 0.857. The van der Waals surface area contributed by atoms with Crippen LogP contribution in [0.1, 0.15) is 10.4 Å². The van der Waals surface area contributed by atoms with Gasteiger partial charge in [0.1, 0.15) is 4.21 Å². The summed E-state index contributed by atoms with van der Waals surface area (Å²) in [5.41, 5.74) is 1.61. The molecule has 0 aliphatic carbocycles. The normalized spacial score (nSPS) is 11.4. The molecular weight excluding hydrogens is 334 g/mol. The van der Waals surface area contributed by atoms with Crippen LogP contribution in [0.2, 0.25) is 0 Å². The van der Waals surface area contributed by atoms with Gasteiger partial charge < -0.3 is 0 Å². The molecule has 96 valence electrons. The van der Waals surface area contributed by atoms with Crippen LogP contribution in [0.5, 0.6) is 0 Å². The molecule has 1 heterocycles. The molecule has 0 spiro atoms. The summed E-state index contributed by atoms with van der Waals surface area (Å²) in [6.45, 7) is 1.88. The first-order chi connectivity index (χ1) is 8.51. The van der Waals surface area contributed by atoms with Gasteiger partial charge in [0.15, 0.2) is 0 Å². The number of benzene rings is 1. The summed E-state index contributed by atoms with van der Waals surface area (Å²) in [4.78, 5) is 0.976. The first kappa shape index (κ1) is 13.6. The summed E-state index contributed by atoms with van der Waals surface area (Å²) in [7, 11) is -3.46. The number of sulfonamides is 1. The number of hydrogen-bond donors (Lipinski definition) is 1. The van der Waals surface area contributed by atoms with Crippen LogP contribution >= 0.6 is 27.3 Å². The summed E-state index contributed by atoms with van der Waals surface area (Å²) in [6.07, 6.45) is 0. The van der Waals surface area contributed by atoms with Gasteiger partial charge in [0.2, 0.25) is 0 Å². The number of rotatable bonds is 4. The molecule has 0 aliphatic rings. The smallest absolute Gasteiger partial charge is 0.271 e. The lowest BCUT2D eigenvalue weighted by Gasteiger charge is -2.07. The maximum atomic E-state index is 12.1. The molecule has 0 bridgehead atoms. The largest absolute Gasteiger partial charge is 0.279 e. The molecule has 1 aromatic carbocycles. The molecule has 1 aromatic heterocycles. The number of aryl methyl sites for hydroxylation is 1. The van der Waals surface area contributed by atoms with Crippen LogP contribution in [0, 0.1) is 6.92 Å². The molecule has 3 nitrogen and oxygen atoms in total. The van der Waals surface area contributed by atoms with Crippen LogP contribution < -0.4 is 4.72 Å². The fourth-order valence-corrected chi connectivity index (χ4v) is 4.16. The average Bonchev–Trinajstić information content (AvgIpc) is 2.76. The Kier molecular flexibility index (Phi) is 4.09. The molecule has 0 radical (unpaired) electrons. The lowest BCUT2D eigenvalue weighted by molar-refractivity contribution is 0.603. The molecular formula is C12H12BrNO2S2. The number of hydrogen-bond acceptors (Lipinski definition) is 3. The van der Waals surface area contributed by atoms with Gasteiger partial charge in [-0.25, -0.2) is 8.42 Å². The minimum Gasteiger partial charge on any atom is -0.279 e. The molecule has 1 N–H and O–H groups in total. The number of anilines is 1. The lowest BCUT2D eigenvalue weighted by Crippen LogP contribution is -2.11. The second kappa shape index (κ2) is 5.42. The lowest BCUT2D eigenvalue weighted by atomic mass is 10.2. The topological polar surface area (TPSA) is 46.2 Å². The van der Waals surface area contributed by atoms with Crippen molar-refractivity contribution in [3.8, 4) is 0 Å². The third-order valence-electron chi connectivity index (χ3n) is 2.31. The van der Waals surface area contributed by atoms with Gasteiger partial charge in [-0.2, -0.15) is 0 Å². The summed E-state index contributed by atoms with van der Waals surface area (Å²) in [6, 6.07) is 10.7. The Bertz CT molecular complexity index is 650. The summed E-state index contributed by atoms with van der Waals surface area (Å²) < 4.78 is 27.1. The average molecular weight is 346 g/mol. The molecule has 0 saturated carbocycles. The van der Waals surface area contributed by atoms with Crippen LogP contribution in [0.4, 0.5) is 5.69 Å². The van der Waals surface area contributed by atoms with E-state index < -0.39 is 10.0 Å². The van der Waals surface area contributed by atoms with E-state index in [1.54, 1.807) is 18.2 Å². The highest BCUT2D eigenvalue weighted by atomic mass is 79.9. The number of alkyl halides is 1. The zero-order valence-corrected chi connectivity index (χ0v) is 12.9. The van der Waals surface area contributed by atoms with Gasteiger partial charge in [0.05, 0.1) is 0 Å². The second-order valence-corrected chi connectivity index (χ2v) is 7.56. The number of nitrogens with one attached hydrogen (secondary N) is 1. The second-order valence-electron chi connectivity index (χ2n) is 3.80. The Morgan fingerprint density at radius 2 is 2.06 bits per heavy atom. The molecule has 6 heteroatoms. The van der Waals surface area contributed by atoms with E-state index in [1.807, 2.05) is 25.1 Å². The zero-order chi connectivity index (χ0) is 13.2. The maximum Gasteiger partial charge on any atom is 0.271 e. The highest BCUT2D eigenvalue weighted by Crippen LogP contribution is 2.24. The van der Waals surface area contributed by atoms with E-state index in [0.717, 1.165) is 10.4 Å². The predicted molar refractivity (Wildman–Crippen MR) is 78.9 cm³/mol. The van der Waals surface area contributed by atoms with Gasteiger partial charge in [-0.3, -0.25) is 4.72 Å². The highest BCUT2D eigenvalue weighted by Gasteiger charge is 2.16. The van der Waals surface area contributed by atoms with E-state index in [4.69, 9.17) is 0 Å². The van der Waals surface area contributed by atoms with Crippen LogP contribution in [0.3, 0.4) is 0 Å². The molecule has 18 heavy (non-hydrogen) atoms. The van der Waals surface area contributed by atoms with Gasteiger partial charge in [0.25, 0.3) is 10.0 Å². The molecule has 0 fully saturated rings. The minimum atomic E-state index is -3.46. The van der Waals surface area contributed by atoms with E-state index >= 15 is 0 Å². The molecule has 0 atom stereocenters. The first-order valence-electron chi connectivity index (χ1n) is 5.25. The molecule has 0 unspecified atom stereocenters. The summed E-state index contributed by atoms with van der Waals surface area (Å²) >= 11 is 4.61. The van der Waals surface area contributed by atoms with E-state index in [1.165, 1.54) is 11.3 Å². The minimum absolute atomic E-state index is 0.337.